The Morgan fingerprint density at radius 2 is 2.20 bits per heavy atom. The second kappa shape index (κ2) is 6.48. The number of ether oxygens (including phenoxy) is 1. The number of likely N-dealkylation sites (tertiary alicyclic amines) is 1. The Labute approximate surface area is 150 Å². The van der Waals surface area contributed by atoms with Crippen molar-refractivity contribution in [1.29, 1.82) is 0 Å². The van der Waals surface area contributed by atoms with E-state index in [1.165, 1.54) is 13.3 Å². The summed E-state index contributed by atoms with van der Waals surface area (Å²) < 4.78 is 5.07. The lowest BCUT2D eigenvalue weighted by molar-refractivity contribution is -0.129. The van der Waals surface area contributed by atoms with Crippen LogP contribution in [0.3, 0.4) is 0 Å². The number of carbonyl (C=O) groups excluding carboxylic acids is 1. The highest BCUT2D eigenvalue weighted by molar-refractivity contribution is 6.32. The highest BCUT2D eigenvalue weighted by atomic mass is 35.5. The normalized spacial score (nSPS) is 23.0. The molecule has 1 amide bonds. The zero-order valence-corrected chi connectivity index (χ0v) is 14.5. The maximum Gasteiger partial charge on any atom is 0.318 e. The maximum atomic E-state index is 12.6. The number of nitrogens with one attached hydrogen (secondary N) is 1. The first kappa shape index (κ1) is 16.1. The lowest BCUT2D eigenvalue weighted by atomic mass is 10.0. The van der Waals surface area contributed by atoms with Gasteiger partial charge in [0.15, 0.2) is 5.82 Å². The van der Waals surface area contributed by atoms with E-state index in [1.807, 2.05) is 23.2 Å². The number of pyridine rings is 1. The molecule has 0 radical (unpaired) electrons. The molecule has 0 unspecified atom stereocenters. The predicted molar refractivity (Wildman–Crippen MR) is 92.5 cm³/mol. The van der Waals surface area contributed by atoms with Crippen LogP contribution in [0.5, 0.6) is 6.01 Å². The molecule has 2 aromatic heterocycles. The standard InChI is InChI=1S/C17H18ClN5O2/c1-25-17-20-9-12(18)16(22-17)21-13-7-14(24)23(11-4-5-11)15(13)10-3-2-6-19-8-10/h2-3,6,8-9,11,13,15H,4-5,7H2,1H3,(H,20,21,22)/t13-,15+/m1/s1. The molecule has 1 saturated heterocycles. The van der Waals surface area contributed by atoms with E-state index in [2.05, 4.69) is 20.3 Å². The molecule has 3 heterocycles. The van der Waals surface area contributed by atoms with Crippen molar-refractivity contribution in [2.45, 2.75) is 37.4 Å². The number of hydrogen-bond acceptors (Lipinski definition) is 6. The van der Waals surface area contributed by atoms with Crippen LogP contribution in [0.15, 0.2) is 30.7 Å². The number of halogens is 1. The molecule has 25 heavy (non-hydrogen) atoms. The van der Waals surface area contributed by atoms with E-state index < -0.39 is 0 Å². The molecule has 2 fully saturated rings. The average molecular weight is 360 g/mol. The molecule has 0 aromatic carbocycles. The van der Waals surface area contributed by atoms with Crippen LogP contribution in [0, 0.1) is 0 Å². The summed E-state index contributed by atoms with van der Waals surface area (Å²) in [5.74, 6) is 0.615. The Hall–Kier alpha value is -2.41. The summed E-state index contributed by atoms with van der Waals surface area (Å²) in [6.45, 7) is 0. The average Bonchev–Trinajstić information content (AvgIpc) is 3.41. The van der Waals surface area contributed by atoms with E-state index in [4.69, 9.17) is 16.3 Å². The van der Waals surface area contributed by atoms with Gasteiger partial charge in [0, 0.05) is 24.9 Å². The third kappa shape index (κ3) is 3.11. The molecule has 1 N–H and O–H groups in total. The van der Waals surface area contributed by atoms with Crippen molar-refractivity contribution in [1.82, 2.24) is 19.9 Å². The van der Waals surface area contributed by atoms with Crippen molar-refractivity contribution >= 4 is 23.3 Å². The summed E-state index contributed by atoms with van der Waals surface area (Å²) >= 11 is 6.22. The topological polar surface area (TPSA) is 80.2 Å². The molecule has 0 spiro atoms. The molecule has 2 aromatic rings. The maximum absolute atomic E-state index is 12.6. The number of aromatic nitrogens is 3. The van der Waals surface area contributed by atoms with Gasteiger partial charge in [-0.05, 0) is 24.5 Å². The SMILES string of the molecule is COc1ncc(Cl)c(N[C@@H]2CC(=O)N(C3CC3)[C@H]2c2cccnc2)n1. The Balaban J connectivity index is 1.66. The minimum Gasteiger partial charge on any atom is -0.467 e. The zero-order chi connectivity index (χ0) is 17.4. The van der Waals surface area contributed by atoms with E-state index in [1.54, 1.807) is 6.20 Å². The van der Waals surface area contributed by atoms with Crippen molar-refractivity contribution in [3.63, 3.8) is 0 Å². The van der Waals surface area contributed by atoms with Crippen LogP contribution in [-0.4, -0.2) is 45.0 Å². The monoisotopic (exact) mass is 359 g/mol. The van der Waals surface area contributed by atoms with E-state index in [9.17, 15) is 4.79 Å². The van der Waals surface area contributed by atoms with Gasteiger partial charge in [-0.1, -0.05) is 17.7 Å². The zero-order valence-electron chi connectivity index (χ0n) is 13.7. The lowest BCUT2D eigenvalue weighted by Crippen LogP contribution is -2.34. The second-order valence-electron chi connectivity index (χ2n) is 6.27. The molecule has 1 saturated carbocycles. The number of anilines is 1. The van der Waals surface area contributed by atoms with Crippen LogP contribution >= 0.6 is 11.6 Å². The summed E-state index contributed by atoms with van der Waals surface area (Å²) in [6.07, 6.45) is 7.53. The van der Waals surface area contributed by atoms with Crippen LogP contribution in [0.1, 0.15) is 30.9 Å². The summed E-state index contributed by atoms with van der Waals surface area (Å²) in [5, 5.41) is 3.71. The Morgan fingerprint density at radius 3 is 2.88 bits per heavy atom. The summed E-state index contributed by atoms with van der Waals surface area (Å²) in [7, 11) is 1.50. The van der Waals surface area contributed by atoms with Gasteiger partial charge >= 0.3 is 6.01 Å². The molecule has 4 rings (SSSR count). The number of hydrogen-bond donors (Lipinski definition) is 1. The van der Waals surface area contributed by atoms with Gasteiger partial charge in [-0.2, -0.15) is 4.98 Å². The minimum atomic E-state index is -0.144. The molecular weight excluding hydrogens is 342 g/mol. The van der Waals surface area contributed by atoms with Gasteiger partial charge in [0.05, 0.1) is 25.4 Å². The summed E-state index contributed by atoms with van der Waals surface area (Å²) in [4.78, 5) is 27.1. The number of nitrogens with zero attached hydrogens (tertiary/aromatic N) is 4. The first-order valence-corrected chi connectivity index (χ1v) is 8.59. The molecule has 0 bridgehead atoms. The van der Waals surface area contributed by atoms with Crippen molar-refractivity contribution in [3.8, 4) is 6.01 Å². The highest BCUT2D eigenvalue weighted by Gasteiger charge is 2.47. The van der Waals surface area contributed by atoms with E-state index in [0.29, 0.717) is 23.3 Å². The number of carbonyl (C=O) groups is 1. The lowest BCUT2D eigenvalue weighted by Gasteiger charge is -2.29. The van der Waals surface area contributed by atoms with Gasteiger partial charge < -0.3 is 15.0 Å². The Bertz CT molecular complexity index is 784. The molecule has 130 valence electrons. The summed E-state index contributed by atoms with van der Waals surface area (Å²) in [6, 6.07) is 4.21. The molecule has 7 nitrogen and oxygen atoms in total. The molecule has 8 heteroatoms. The van der Waals surface area contributed by atoms with Gasteiger partial charge in [-0.25, -0.2) is 4.98 Å². The molecule has 1 aliphatic heterocycles. The van der Waals surface area contributed by atoms with Crippen molar-refractivity contribution < 1.29 is 9.53 Å². The van der Waals surface area contributed by atoms with Crippen molar-refractivity contribution in [2.75, 3.05) is 12.4 Å². The number of amides is 1. The predicted octanol–water partition coefficient (Wildman–Crippen LogP) is 2.45. The molecule has 1 aliphatic carbocycles. The molecule has 2 atom stereocenters. The van der Waals surface area contributed by atoms with E-state index in [-0.39, 0.29) is 24.0 Å². The van der Waals surface area contributed by atoms with Gasteiger partial charge in [-0.3, -0.25) is 9.78 Å². The molecular formula is C17H18ClN5O2. The van der Waals surface area contributed by atoms with Gasteiger partial charge in [0.2, 0.25) is 5.91 Å². The second-order valence-corrected chi connectivity index (χ2v) is 6.68. The van der Waals surface area contributed by atoms with Gasteiger partial charge in [0.25, 0.3) is 0 Å². The van der Waals surface area contributed by atoms with Gasteiger partial charge in [-0.15, -0.1) is 0 Å². The first-order chi connectivity index (χ1) is 12.2. The van der Waals surface area contributed by atoms with Gasteiger partial charge in [0.1, 0.15) is 5.02 Å². The van der Waals surface area contributed by atoms with Crippen LogP contribution in [-0.2, 0) is 4.79 Å². The van der Waals surface area contributed by atoms with E-state index >= 15 is 0 Å². The fourth-order valence-electron chi connectivity index (χ4n) is 3.34. The van der Waals surface area contributed by atoms with Crippen LogP contribution in [0.2, 0.25) is 5.02 Å². The Kier molecular flexibility index (Phi) is 4.17. The fraction of sp³-hybridized carbons (Fsp3) is 0.412. The Morgan fingerprint density at radius 1 is 1.36 bits per heavy atom. The van der Waals surface area contributed by atoms with Crippen molar-refractivity contribution in [2.24, 2.45) is 0 Å². The number of rotatable bonds is 5. The van der Waals surface area contributed by atoms with Crippen LogP contribution in [0.25, 0.3) is 0 Å². The van der Waals surface area contributed by atoms with E-state index in [0.717, 1.165) is 18.4 Å². The highest BCUT2D eigenvalue weighted by Crippen LogP contribution is 2.42. The smallest absolute Gasteiger partial charge is 0.318 e. The quantitative estimate of drug-likeness (QED) is 0.883. The minimum absolute atomic E-state index is 0.0919. The largest absolute Gasteiger partial charge is 0.467 e. The molecule has 2 aliphatic rings. The van der Waals surface area contributed by atoms with Crippen LogP contribution < -0.4 is 10.1 Å². The third-order valence-corrected chi connectivity index (χ3v) is 4.83. The summed E-state index contributed by atoms with van der Waals surface area (Å²) in [5.41, 5.74) is 1.01. The van der Waals surface area contributed by atoms with Crippen molar-refractivity contribution in [3.05, 3.63) is 41.3 Å². The fourth-order valence-corrected chi connectivity index (χ4v) is 3.48. The van der Waals surface area contributed by atoms with Crippen LogP contribution in [0.4, 0.5) is 5.82 Å². The third-order valence-electron chi connectivity index (χ3n) is 4.56. The number of methoxy groups -OCH3 is 1. The first-order valence-electron chi connectivity index (χ1n) is 8.21.